The number of carboxylic acid groups (broad SMARTS) is 1. The minimum absolute atomic E-state index is 0.0345. The lowest BCUT2D eigenvalue weighted by atomic mass is 9.96. The van der Waals surface area contributed by atoms with E-state index in [9.17, 15) is 29.1 Å². The lowest BCUT2D eigenvalue weighted by molar-refractivity contribution is -0.142. The average molecular weight is 730 g/mol. The van der Waals surface area contributed by atoms with E-state index in [1.165, 1.54) is 0 Å². The zero-order chi connectivity index (χ0) is 38.6. The maximum atomic E-state index is 14.0. The van der Waals surface area contributed by atoms with Gasteiger partial charge in [0.2, 0.25) is 23.6 Å². The van der Waals surface area contributed by atoms with E-state index in [1.54, 1.807) is 13.1 Å². The highest BCUT2D eigenvalue weighted by molar-refractivity contribution is 5.96. The monoisotopic (exact) mass is 729 g/mol. The SMILES string of the molecule is CC[C@H](C)[C@H](NC(=O)[C@@H](N)CCCN=C(N)N)C(=O)N[C@@H](CCCCN)C(=O)N[C@@H](Cc1c[nH]c2ccccc12)C(=O)N[C@@H](CCCCN)C(=O)O. The van der Waals surface area contributed by atoms with E-state index in [0.717, 1.165) is 16.5 Å². The molecule has 0 unspecified atom stereocenters. The number of hydrogen-bond donors (Lipinski definition) is 11. The minimum Gasteiger partial charge on any atom is -0.480 e. The molecule has 0 aliphatic carbocycles. The number of guanidine groups is 1. The number of carboxylic acids is 1. The number of H-pyrrole nitrogens is 1. The van der Waals surface area contributed by atoms with Crippen LogP contribution in [0.25, 0.3) is 10.9 Å². The molecule has 52 heavy (non-hydrogen) atoms. The number of fused-ring (bicyclic) bond motifs is 1. The number of aromatic amines is 1. The highest BCUT2D eigenvalue weighted by atomic mass is 16.4. The van der Waals surface area contributed by atoms with Crippen LogP contribution in [-0.4, -0.2) is 95.5 Å². The molecule has 0 spiro atoms. The Morgan fingerprint density at radius 2 is 1.38 bits per heavy atom. The van der Waals surface area contributed by atoms with Crippen molar-refractivity contribution in [2.75, 3.05) is 19.6 Å². The number of unbranched alkanes of at least 4 members (excludes halogenated alkanes) is 2. The van der Waals surface area contributed by atoms with Crippen LogP contribution in [0.5, 0.6) is 0 Å². The fourth-order valence-electron chi connectivity index (χ4n) is 5.66. The van der Waals surface area contributed by atoms with Crippen molar-refractivity contribution in [2.45, 2.75) is 108 Å². The van der Waals surface area contributed by atoms with Crippen molar-refractivity contribution in [3.8, 4) is 0 Å². The Morgan fingerprint density at radius 1 is 0.788 bits per heavy atom. The van der Waals surface area contributed by atoms with Crippen molar-refractivity contribution in [2.24, 2.45) is 39.6 Å². The van der Waals surface area contributed by atoms with Crippen LogP contribution in [0.3, 0.4) is 0 Å². The van der Waals surface area contributed by atoms with E-state index in [4.69, 9.17) is 28.7 Å². The van der Waals surface area contributed by atoms with Crippen LogP contribution in [-0.2, 0) is 30.4 Å². The summed E-state index contributed by atoms with van der Waals surface area (Å²) in [6.07, 6.45) is 5.50. The Morgan fingerprint density at radius 3 is 2.00 bits per heavy atom. The number of amides is 4. The summed E-state index contributed by atoms with van der Waals surface area (Å²) in [7, 11) is 0. The molecule has 0 saturated carbocycles. The molecule has 1 aromatic heterocycles. The Balaban J connectivity index is 2.33. The quantitative estimate of drug-likeness (QED) is 0.0349. The Bertz CT molecular complexity index is 1480. The summed E-state index contributed by atoms with van der Waals surface area (Å²) in [5, 5.41) is 21.6. The number of aliphatic carboxylic acids is 1. The smallest absolute Gasteiger partial charge is 0.326 e. The number of carbonyl (C=O) groups excluding carboxylic acids is 4. The van der Waals surface area contributed by atoms with E-state index in [-0.39, 0.29) is 37.6 Å². The highest BCUT2D eigenvalue weighted by Gasteiger charge is 2.33. The number of nitrogens with one attached hydrogen (secondary N) is 5. The first-order valence-corrected chi connectivity index (χ1v) is 18.0. The minimum atomic E-state index is -1.21. The normalized spacial score (nSPS) is 14.6. The van der Waals surface area contributed by atoms with Crippen LogP contribution in [0.4, 0.5) is 0 Å². The van der Waals surface area contributed by atoms with Crippen molar-refractivity contribution in [3.63, 3.8) is 0 Å². The van der Waals surface area contributed by atoms with Gasteiger partial charge in [0.15, 0.2) is 5.96 Å². The largest absolute Gasteiger partial charge is 0.480 e. The summed E-state index contributed by atoms with van der Waals surface area (Å²) < 4.78 is 0. The number of aromatic nitrogens is 1. The van der Waals surface area contributed by atoms with Crippen LogP contribution in [0.2, 0.25) is 0 Å². The fourth-order valence-corrected chi connectivity index (χ4v) is 5.66. The van der Waals surface area contributed by atoms with Gasteiger partial charge in [-0.1, -0.05) is 38.5 Å². The zero-order valence-electron chi connectivity index (χ0n) is 30.4. The summed E-state index contributed by atoms with van der Waals surface area (Å²) in [6.45, 7) is 4.70. The van der Waals surface area contributed by atoms with Crippen molar-refractivity contribution in [1.82, 2.24) is 26.3 Å². The average Bonchev–Trinajstić information content (AvgIpc) is 3.52. The third-order valence-corrected chi connectivity index (χ3v) is 8.97. The fraction of sp³-hybridized carbons (Fsp3) is 0.600. The molecule has 0 fully saturated rings. The van der Waals surface area contributed by atoms with Crippen molar-refractivity contribution < 1.29 is 29.1 Å². The Kier molecular flexibility index (Phi) is 19.2. The molecule has 1 aromatic carbocycles. The zero-order valence-corrected chi connectivity index (χ0v) is 30.4. The van der Waals surface area contributed by atoms with Crippen LogP contribution in [0.1, 0.15) is 77.2 Å². The number of carbonyl (C=O) groups is 5. The van der Waals surface area contributed by atoms with E-state index in [1.807, 2.05) is 31.2 Å². The highest BCUT2D eigenvalue weighted by Crippen LogP contribution is 2.20. The number of benzene rings is 1. The summed E-state index contributed by atoms with van der Waals surface area (Å²) in [6, 6.07) is 2.03. The molecule has 0 aliphatic heterocycles. The predicted octanol–water partition coefficient (Wildman–Crippen LogP) is -0.581. The van der Waals surface area contributed by atoms with Gasteiger partial charge in [0.05, 0.1) is 6.04 Å². The van der Waals surface area contributed by atoms with Gasteiger partial charge in [-0.25, -0.2) is 4.79 Å². The number of hydrogen-bond acceptors (Lipinski definition) is 9. The first-order chi connectivity index (χ1) is 24.8. The summed E-state index contributed by atoms with van der Waals surface area (Å²) in [5.74, 6) is -4.06. The van der Waals surface area contributed by atoms with Gasteiger partial charge in [-0.3, -0.25) is 24.2 Å². The van der Waals surface area contributed by atoms with Crippen molar-refractivity contribution in [1.29, 1.82) is 0 Å². The summed E-state index contributed by atoms with van der Waals surface area (Å²) in [5.41, 5.74) is 29.6. The second-order valence-electron chi connectivity index (χ2n) is 13.1. The van der Waals surface area contributed by atoms with Gasteiger partial charge in [-0.15, -0.1) is 0 Å². The predicted molar refractivity (Wildman–Crippen MR) is 201 cm³/mol. The molecular formula is C35H59N11O6. The number of nitrogens with two attached hydrogens (primary N) is 5. The molecule has 290 valence electrons. The molecule has 4 amide bonds. The standard InChI is InChI=1S/C35H59N11O6/c1-3-21(2)29(46-30(47)24(38)12-10-18-41-35(39)40)33(50)43-26(14-6-8-16-36)31(48)45-28(19-22-20-42-25-13-5-4-11-23(22)25)32(49)44-27(34(51)52)15-7-9-17-37/h4-5,11,13,20-21,24,26-29,42H,3,6-10,12,14-19,36-38H2,1-2H3,(H,43,50)(H,44,49)(H,45,48)(H,46,47)(H,51,52)(H4,39,40,41)/t21-,24-,26-,27-,28-,29-/m0/s1. The molecule has 16 N–H and O–H groups in total. The second kappa shape index (κ2) is 22.9. The maximum absolute atomic E-state index is 14.0. The molecule has 0 aliphatic rings. The van der Waals surface area contributed by atoms with Crippen LogP contribution in [0.15, 0.2) is 35.5 Å². The molecule has 0 saturated heterocycles. The van der Waals surface area contributed by atoms with Crippen molar-refractivity contribution >= 4 is 46.5 Å². The van der Waals surface area contributed by atoms with E-state index in [0.29, 0.717) is 58.2 Å². The Hall–Kier alpha value is -4.74. The van der Waals surface area contributed by atoms with E-state index >= 15 is 0 Å². The third kappa shape index (κ3) is 14.5. The van der Waals surface area contributed by atoms with Gasteiger partial charge in [0, 0.05) is 30.1 Å². The third-order valence-electron chi connectivity index (χ3n) is 8.97. The van der Waals surface area contributed by atoms with Gasteiger partial charge in [0.1, 0.15) is 24.2 Å². The van der Waals surface area contributed by atoms with E-state index < -0.39 is 59.8 Å². The lowest BCUT2D eigenvalue weighted by Crippen LogP contribution is -2.59. The number of nitrogens with zero attached hydrogens (tertiary/aromatic N) is 1. The molecule has 2 aromatic rings. The number of aliphatic imine (C=N–C) groups is 1. The molecule has 6 atom stereocenters. The summed E-state index contributed by atoms with van der Waals surface area (Å²) in [4.78, 5) is 73.6. The van der Waals surface area contributed by atoms with Crippen LogP contribution < -0.4 is 49.9 Å². The summed E-state index contributed by atoms with van der Waals surface area (Å²) >= 11 is 0. The van der Waals surface area contributed by atoms with Crippen LogP contribution >= 0.6 is 0 Å². The van der Waals surface area contributed by atoms with Gasteiger partial charge in [0.25, 0.3) is 0 Å². The van der Waals surface area contributed by atoms with Gasteiger partial charge in [-0.05, 0) is 82.0 Å². The topological polar surface area (TPSA) is 312 Å². The molecule has 17 heteroatoms. The van der Waals surface area contributed by atoms with Gasteiger partial charge >= 0.3 is 5.97 Å². The van der Waals surface area contributed by atoms with E-state index in [2.05, 4.69) is 31.2 Å². The Labute approximate surface area is 305 Å². The maximum Gasteiger partial charge on any atom is 0.326 e. The van der Waals surface area contributed by atoms with Gasteiger partial charge in [-0.2, -0.15) is 0 Å². The van der Waals surface area contributed by atoms with Gasteiger partial charge < -0.3 is 60.0 Å². The first-order valence-electron chi connectivity index (χ1n) is 18.0. The lowest BCUT2D eigenvalue weighted by Gasteiger charge is -2.28. The second-order valence-corrected chi connectivity index (χ2v) is 13.1. The molecular weight excluding hydrogens is 670 g/mol. The molecule has 2 rings (SSSR count). The molecule has 17 nitrogen and oxygen atoms in total. The number of rotatable bonds is 25. The molecule has 0 radical (unpaired) electrons. The molecule has 1 heterocycles. The first kappa shape index (κ1) is 43.4. The van der Waals surface area contributed by atoms with Crippen molar-refractivity contribution in [3.05, 3.63) is 36.0 Å². The molecule has 0 bridgehead atoms. The number of para-hydroxylation sites is 1. The van der Waals surface area contributed by atoms with Crippen LogP contribution in [0, 0.1) is 5.92 Å².